The van der Waals surface area contributed by atoms with E-state index in [1.54, 1.807) is 18.5 Å². The summed E-state index contributed by atoms with van der Waals surface area (Å²) in [6.07, 6.45) is 1.64. The fourth-order valence-corrected chi connectivity index (χ4v) is 2.03. The van der Waals surface area contributed by atoms with Gasteiger partial charge in [-0.25, -0.2) is 9.78 Å². The standard InChI is InChI=1S/C8H6N2O3S/c1-4-5(6(11)7(12)13)10-2-3-14-8(10)9-4/h2-3H,1H3,(H,12,13). The van der Waals surface area contributed by atoms with Crippen molar-refractivity contribution < 1.29 is 14.7 Å². The van der Waals surface area contributed by atoms with Gasteiger partial charge in [-0.1, -0.05) is 0 Å². The van der Waals surface area contributed by atoms with E-state index < -0.39 is 11.8 Å². The maximum Gasteiger partial charge on any atom is 0.378 e. The van der Waals surface area contributed by atoms with Crippen LogP contribution in [0.4, 0.5) is 0 Å². The normalized spacial score (nSPS) is 10.6. The lowest BCUT2D eigenvalue weighted by Gasteiger charge is -1.94. The van der Waals surface area contributed by atoms with Gasteiger partial charge in [-0.15, -0.1) is 11.3 Å². The highest BCUT2D eigenvalue weighted by molar-refractivity contribution is 7.15. The van der Waals surface area contributed by atoms with E-state index in [2.05, 4.69) is 4.98 Å². The van der Waals surface area contributed by atoms with Gasteiger partial charge in [0.05, 0.1) is 5.69 Å². The van der Waals surface area contributed by atoms with Gasteiger partial charge in [-0.05, 0) is 6.92 Å². The molecule has 14 heavy (non-hydrogen) atoms. The van der Waals surface area contributed by atoms with Crippen LogP contribution >= 0.6 is 11.3 Å². The number of hydrogen-bond acceptors (Lipinski definition) is 4. The monoisotopic (exact) mass is 210 g/mol. The molecule has 0 bridgehead atoms. The summed E-state index contributed by atoms with van der Waals surface area (Å²) in [4.78, 5) is 26.5. The zero-order valence-corrected chi connectivity index (χ0v) is 8.04. The van der Waals surface area contributed by atoms with Crippen LogP contribution in [0.1, 0.15) is 16.2 Å². The highest BCUT2D eigenvalue weighted by Gasteiger charge is 2.22. The number of rotatable bonds is 2. The SMILES string of the molecule is Cc1nc2sccn2c1C(=O)C(=O)O. The quantitative estimate of drug-likeness (QED) is 0.592. The Morgan fingerprint density at radius 1 is 1.57 bits per heavy atom. The zero-order chi connectivity index (χ0) is 10.3. The van der Waals surface area contributed by atoms with Crippen LogP contribution in [0, 0.1) is 6.92 Å². The number of fused-ring (bicyclic) bond motifs is 1. The Hall–Kier alpha value is -1.69. The molecule has 2 aromatic heterocycles. The van der Waals surface area contributed by atoms with Crippen molar-refractivity contribution in [2.75, 3.05) is 0 Å². The van der Waals surface area contributed by atoms with E-state index in [9.17, 15) is 9.59 Å². The van der Waals surface area contributed by atoms with Crippen LogP contribution in [-0.4, -0.2) is 26.2 Å². The molecule has 0 radical (unpaired) electrons. The van der Waals surface area contributed by atoms with E-state index in [0.29, 0.717) is 10.7 Å². The van der Waals surface area contributed by atoms with Gasteiger partial charge in [0.1, 0.15) is 5.69 Å². The van der Waals surface area contributed by atoms with E-state index in [1.165, 1.54) is 15.7 Å². The predicted octanol–water partition coefficient (Wildman–Crippen LogP) is 0.972. The Morgan fingerprint density at radius 3 is 2.93 bits per heavy atom. The second kappa shape index (κ2) is 2.91. The van der Waals surface area contributed by atoms with Crippen LogP contribution in [0.25, 0.3) is 4.96 Å². The van der Waals surface area contributed by atoms with E-state index >= 15 is 0 Å². The second-order valence-corrected chi connectivity index (χ2v) is 3.61. The zero-order valence-electron chi connectivity index (χ0n) is 7.22. The Labute approximate surface area is 82.6 Å². The number of aromatic nitrogens is 2. The van der Waals surface area contributed by atoms with Crippen molar-refractivity contribution in [2.24, 2.45) is 0 Å². The molecular formula is C8H6N2O3S. The third kappa shape index (κ3) is 1.12. The summed E-state index contributed by atoms with van der Waals surface area (Å²) in [6, 6.07) is 0. The number of carbonyl (C=O) groups is 2. The van der Waals surface area contributed by atoms with Gasteiger partial charge in [-0.3, -0.25) is 9.20 Å². The smallest absolute Gasteiger partial charge is 0.378 e. The predicted molar refractivity (Wildman–Crippen MR) is 49.8 cm³/mol. The van der Waals surface area contributed by atoms with Gasteiger partial charge < -0.3 is 5.11 Å². The van der Waals surface area contributed by atoms with Crippen molar-refractivity contribution in [3.05, 3.63) is 23.0 Å². The summed E-state index contributed by atoms with van der Waals surface area (Å²) in [5, 5.41) is 10.3. The van der Waals surface area contributed by atoms with Crippen LogP contribution in [0.15, 0.2) is 11.6 Å². The van der Waals surface area contributed by atoms with E-state index in [1.807, 2.05) is 0 Å². The minimum absolute atomic E-state index is 0.133. The van der Waals surface area contributed by atoms with Gasteiger partial charge in [0.2, 0.25) is 0 Å². The van der Waals surface area contributed by atoms with Crippen LogP contribution in [-0.2, 0) is 4.79 Å². The molecule has 2 aromatic rings. The Morgan fingerprint density at radius 2 is 2.29 bits per heavy atom. The maximum atomic E-state index is 11.3. The van der Waals surface area contributed by atoms with E-state index in [-0.39, 0.29) is 5.69 Å². The maximum absolute atomic E-state index is 11.3. The molecule has 72 valence electrons. The highest BCUT2D eigenvalue weighted by Crippen LogP contribution is 2.17. The molecule has 0 aliphatic heterocycles. The minimum Gasteiger partial charge on any atom is -0.475 e. The molecule has 0 saturated carbocycles. The number of carbonyl (C=O) groups excluding carboxylic acids is 1. The summed E-state index contributed by atoms with van der Waals surface area (Å²) in [5.41, 5.74) is 0.581. The third-order valence-corrected chi connectivity index (χ3v) is 2.60. The number of hydrogen-bond donors (Lipinski definition) is 1. The molecule has 1 N–H and O–H groups in total. The number of carboxylic acid groups (broad SMARTS) is 1. The average Bonchev–Trinajstić information content (AvgIpc) is 2.62. The highest BCUT2D eigenvalue weighted by atomic mass is 32.1. The van der Waals surface area contributed by atoms with E-state index in [4.69, 9.17) is 5.11 Å². The third-order valence-electron chi connectivity index (χ3n) is 1.85. The minimum atomic E-state index is -1.46. The Bertz CT molecular complexity index is 526. The number of ketones is 1. The first-order valence-corrected chi connectivity index (χ1v) is 4.69. The van der Waals surface area contributed by atoms with Crippen LogP contribution in [0.2, 0.25) is 0 Å². The molecule has 0 spiro atoms. The molecule has 5 nitrogen and oxygen atoms in total. The molecule has 2 rings (SSSR count). The first-order valence-electron chi connectivity index (χ1n) is 3.81. The summed E-state index contributed by atoms with van der Waals surface area (Å²) in [6.45, 7) is 1.62. The van der Waals surface area contributed by atoms with Crippen molar-refractivity contribution in [2.45, 2.75) is 6.92 Å². The van der Waals surface area contributed by atoms with Crippen molar-refractivity contribution >= 4 is 28.1 Å². The number of thiazole rings is 1. The van der Waals surface area contributed by atoms with Crippen LogP contribution in [0.5, 0.6) is 0 Å². The van der Waals surface area contributed by atoms with E-state index in [0.717, 1.165) is 0 Å². The molecule has 0 saturated heterocycles. The molecule has 0 fully saturated rings. The second-order valence-electron chi connectivity index (χ2n) is 2.74. The lowest BCUT2D eigenvalue weighted by atomic mass is 10.2. The van der Waals surface area contributed by atoms with Gasteiger partial charge >= 0.3 is 5.97 Å². The molecule has 0 amide bonds. The first-order chi connectivity index (χ1) is 6.61. The lowest BCUT2D eigenvalue weighted by molar-refractivity contribution is -0.131. The van der Waals surface area contributed by atoms with Crippen molar-refractivity contribution in [1.82, 2.24) is 9.38 Å². The molecule has 0 aliphatic carbocycles. The molecule has 0 aliphatic rings. The van der Waals surface area contributed by atoms with Crippen molar-refractivity contribution in [3.63, 3.8) is 0 Å². The molecule has 0 atom stereocenters. The van der Waals surface area contributed by atoms with Gasteiger partial charge in [0, 0.05) is 11.6 Å². The van der Waals surface area contributed by atoms with Crippen LogP contribution < -0.4 is 0 Å². The summed E-state index contributed by atoms with van der Waals surface area (Å²) in [7, 11) is 0. The molecular weight excluding hydrogens is 204 g/mol. The first kappa shape index (κ1) is 8.89. The number of Topliss-reactive ketones (excluding diaryl/α,β-unsaturated/α-hetero) is 1. The molecule has 6 heteroatoms. The molecule has 0 aromatic carbocycles. The topological polar surface area (TPSA) is 71.7 Å². The van der Waals surface area contributed by atoms with Gasteiger partial charge in [0.15, 0.2) is 4.96 Å². The number of imidazole rings is 1. The fourth-order valence-electron chi connectivity index (χ4n) is 1.27. The number of nitrogens with zero attached hydrogens (tertiary/aromatic N) is 2. The van der Waals surface area contributed by atoms with Crippen LogP contribution in [0.3, 0.4) is 0 Å². The van der Waals surface area contributed by atoms with Crippen molar-refractivity contribution in [3.8, 4) is 0 Å². The number of aliphatic carboxylic acids is 1. The van der Waals surface area contributed by atoms with Gasteiger partial charge in [0.25, 0.3) is 5.78 Å². The molecule has 0 unspecified atom stereocenters. The molecule has 2 heterocycles. The lowest BCUT2D eigenvalue weighted by Crippen LogP contribution is -2.15. The summed E-state index contributed by atoms with van der Waals surface area (Å²) >= 11 is 1.36. The Balaban J connectivity index is 2.70. The fraction of sp³-hybridized carbons (Fsp3) is 0.125. The summed E-state index contributed by atoms with van der Waals surface area (Å²) < 4.78 is 1.50. The summed E-state index contributed by atoms with van der Waals surface area (Å²) in [5.74, 6) is -2.38. The van der Waals surface area contributed by atoms with Gasteiger partial charge in [-0.2, -0.15) is 0 Å². The average molecular weight is 210 g/mol. The number of aryl methyl sites for hydroxylation is 1. The largest absolute Gasteiger partial charge is 0.475 e. The number of carboxylic acids is 1. The Kier molecular flexibility index (Phi) is 1.85. The van der Waals surface area contributed by atoms with Crippen molar-refractivity contribution in [1.29, 1.82) is 0 Å².